The Bertz CT molecular complexity index is 1120. The highest BCUT2D eigenvalue weighted by Crippen LogP contribution is 2.38. The lowest BCUT2D eigenvalue weighted by molar-refractivity contribution is 0.324. The number of rotatable bonds is 8. The van der Waals surface area contributed by atoms with Gasteiger partial charge in [0.25, 0.3) is 0 Å². The van der Waals surface area contributed by atoms with Crippen molar-refractivity contribution >= 4 is 52.5 Å². The van der Waals surface area contributed by atoms with Crippen molar-refractivity contribution in [1.29, 1.82) is 0 Å². The molecular weight excluding hydrogens is 460 g/mol. The molecule has 0 aliphatic carbocycles. The SMILES string of the molecule is COc1ccc(C=Cc2cc(OC)c(OC)c(OC)c2)cc1NC(=S)Nc1ccc(Cl)cc1. The Labute approximate surface area is 204 Å². The number of hydrogen-bond acceptors (Lipinski definition) is 5. The molecule has 172 valence electrons. The number of nitrogens with one attached hydrogen (secondary N) is 2. The fraction of sp³-hybridized carbons (Fsp3) is 0.160. The number of halogens is 1. The van der Waals surface area contributed by atoms with E-state index in [0.29, 0.717) is 33.1 Å². The molecule has 2 N–H and O–H groups in total. The average molecular weight is 485 g/mol. The van der Waals surface area contributed by atoms with E-state index in [2.05, 4.69) is 10.6 Å². The summed E-state index contributed by atoms with van der Waals surface area (Å²) in [6, 6.07) is 16.8. The van der Waals surface area contributed by atoms with Gasteiger partial charge in [0, 0.05) is 10.7 Å². The van der Waals surface area contributed by atoms with Gasteiger partial charge in [0.05, 0.1) is 34.1 Å². The van der Waals surface area contributed by atoms with Crippen molar-refractivity contribution in [3.8, 4) is 23.0 Å². The van der Waals surface area contributed by atoms with Crippen LogP contribution in [0.2, 0.25) is 5.02 Å². The highest BCUT2D eigenvalue weighted by molar-refractivity contribution is 7.80. The molecule has 0 saturated carbocycles. The van der Waals surface area contributed by atoms with Gasteiger partial charge in [-0.3, -0.25) is 0 Å². The molecule has 0 aliphatic heterocycles. The van der Waals surface area contributed by atoms with Crippen LogP contribution in [-0.2, 0) is 0 Å². The van der Waals surface area contributed by atoms with Gasteiger partial charge in [0.2, 0.25) is 5.75 Å². The fourth-order valence-electron chi connectivity index (χ4n) is 3.13. The predicted molar refractivity (Wildman–Crippen MR) is 139 cm³/mol. The Morgan fingerprint density at radius 3 is 1.91 bits per heavy atom. The molecule has 0 heterocycles. The van der Waals surface area contributed by atoms with E-state index >= 15 is 0 Å². The minimum atomic E-state index is 0.432. The summed E-state index contributed by atoms with van der Waals surface area (Å²) < 4.78 is 21.7. The minimum Gasteiger partial charge on any atom is -0.495 e. The molecule has 0 fully saturated rings. The zero-order valence-electron chi connectivity index (χ0n) is 18.8. The lowest BCUT2D eigenvalue weighted by Crippen LogP contribution is -2.19. The van der Waals surface area contributed by atoms with E-state index < -0.39 is 0 Å². The second-order valence-electron chi connectivity index (χ2n) is 6.84. The molecule has 0 bridgehead atoms. The molecule has 0 atom stereocenters. The normalized spacial score (nSPS) is 10.6. The van der Waals surface area contributed by atoms with Crippen molar-refractivity contribution in [3.05, 3.63) is 70.7 Å². The summed E-state index contributed by atoms with van der Waals surface area (Å²) >= 11 is 11.4. The summed E-state index contributed by atoms with van der Waals surface area (Å²) in [6.07, 6.45) is 3.93. The first-order valence-corrected chi connectivity index (χ1v) is 10.8. The number of methoxy groups -OCH3 is 4. The molecule has 3 aromatic rings. The molecule has 0 amide bonds. The Balaban J connectivity index is 1.81. The van der Waals surface area contributed by atoms with Crippen LogP contribution >= 0.6 is 23.8 Å². The standard InChI is InChI=1S/C25H25ClN2O4S/c1-29-21-12-7-16(5-6-17-14-22(30-2)24(32-4)23(15-17)31-3)13-20(21)28-25(33)27-19-10-8-18(26)9-11-19/h5-15H,1-4H3,(H2,27,28,33). The van der Waals surface area contributed by atoms with Gasteiger partial charge in [0.15, 0.2) is 16.6 Å². The first-order valence-electron chi connectivity index (χ1n) is 9.97. The van der Waals surface area contributed by atoms with E-state index in [1.165, 1.54) is 0 Å². The molecule has 0 saturated heterocycles. The maximum absolute atomic E-state index is 5.94. The first kappa shape index (κ1) is 24.2. The van der Waals surface area contributed by atoms with Gasteiger partial charge in [-0.15, -0.1) is 0 Å². The van der Waals surface area contributed by atoms with Crippen molar-refractivity contribution in [2.45, 2.75) is 0 Å². The van der Waals surface area contributed by atoms with E-state index in [1.807, 2.05) is 54.6 Å². The zero-order valence-corrected chi connectivity index (χ0v) is 20.3. The van der Waals surface area contributed by atoms with Gasteiger partial charge in [0.1, 0.15) is 5.75 Å². The van der Waals surface area contributed by atoms with E-state index in [1.54, 1.807) is 40.6 Å². The zero-order chi connectivity index (χ0) is 23.8. The molecule has 0 spiro atoms. The van der Waals surface area contributed by atoms with Crippen LogP contribution in [0.15, 0.2) is 54.6 Å². The third kappa shape index (κ3) is 6.31. The third-order valence-electron chi connectivity index (χ3n) is 4.73. The summed E-state index contributed by atoms with van der Waals surface area (Å²) in [5.74, 6) is 2.40. The van der Waals surface area contributed by atoms with Crippen LogP contribution in [0.4, 0.5) is 11.4 Å². The van der Waals surface area contributed by atoms with Crippen LogP contribution in [0.25, 0.3) is 12.2 Å². The Morgan fingerprint density at radius 2 is 1.33 bits per heavy atom. The molecule has 0 unspecified atom stereocenters. The van der Waals surface area contributed by atoms with Crippen molar-refractivity contribution < 1.29 is 18.9 Å². The lowest BCUT2D eigenvalue weighted by atomic mass is 10.1. The first-order chi connectivity index (χ1) is 16.0. The molecule has 3 aromatic carbocycles. The summed E-state index contributed by atoms with van der Waals surface area (Å²) in [5, 5.41) is 7.41. The number of thiocarbonyl (C=S) groups is 1. The minimum absolute atomic E-state index is 0.432. The van der Waals surface area contributed by atoms with Crippen LogP contribution in [-0.4, -0.2) is 33.6 Å². The molecule has 3 rings (SSSR count). The molecule has 0 aromatic heterocycles. The Kier molecular flexibility index (Phi) is 8.40. The van der Waals surface area contributed by atoms with Crippen LogP contribution in [0.5, 0.6) is 23.0 Å². The molecule has 6 nitrogen and oxygen atoms in total. The maximum Gasteiger partial charge on any atom is 0.203 e. The van der Waals surface area contributed by atoms with Crippen LogP contribution in [0, 0.1) is 0 Å². The third-order valence-corrected chi connectivity index (χ3v) is 5.19. The van der Waals surface area contributed by atoms with Crippen molar-refractivity contribution in [2.24, 2.45) is 0 Å². The molecule has 8 heteroatoms. The number of benzene rings is 3. The van der Waals surface area contributed by atoms with Crippen LogP contribution in [0.3, 0.4) is 0 Å². The summed E-state index contributed by atoms with van der Waals surface area (Å²) in [5.41, 5.74) is 3.40. The molecule has 33 heavy (non-hydrogen) atoms. The van der Waals surface area contributed by atoms with Gasteiger partial charge in [-0.05, 0) is 71.9 Å². The van der Waals surface area contributed by atoms with Gasteiger partial charge in [-0.2, -0.15) is 0 Å². The summed E-state index contributed by atoms with van der Waals surface area (Å²) in [7, 11) is 6.37. The van der Waals surface area contributed by atoms with Gasteiger partial charge in [-0.1, -0.05) is 29.8 Å². The van der Waals surface area contributed by atoms with Gasteiger partial charge in [-0.25, -0.2) is 0 Å². The van der Waals surface area contributed by atoms with Crippen LogP contribution in [0.1, 0.15) is 11.1 Å². The van der Waals surface area contributed by atoms with Gasteiger partial charge >= 0.3 is 0 Å². The Morgan fingerprint density at radius 1 is 0.727 bits per heavy atom. The van der Waals surface area contributed by atoms with Crippen molar-refractivity contribution in [3.63, 3.8) is 0 Å². The summed E-state index contributed by atoms with van der Waals surface area (Å²) in [4.78, 5) is 0. The van der Waals surface area contributed by atoms with E-state index in [4.69, 9.17) is 42.8 Å². The highest BCUT2D eigenvalue weighted by atomic mass is 35.5. The number of anilines is 2. The number of hydrogen-bond donors (Lipinski definition) is 2. The smallest absolute Gasteiger partial charge is 0.203 e. The maximum atomic E-state index is 5.94. The molecule has 0 aliphatic rings. The van der Waals surface area contributed by atoms with Crippen LogP contribution < -0.4 is 29.6 Å². The second kappa shape index (κ2) is 11.4. The van der Waals surface area contributed by atoms with E-state index in [9.17, 15) is 0 Å². The molecular formula is C25H25ClN2O4S. The second-order valence-corrected chi connectivity index (χ2v) is 7.68. The van der Waals surface area contributed by atoms with E-state index in [-0.39, 0.29) is 0 Å². The fourth-order valence-corrected chi connectivity index (χ4v) is 3.49. The Hall–Kier alpha value is -3.42. The summed E-state index contributed by atoms with van der Waals surface area (Å²) in [6.45, 7) is 0. The predicted octanol–water partition coefficient (Wildman–Crippen LogP) is 6.35. The van der Waals surface area contributed by atoms with Crippen molar-refractivity contribution in [1.82, 2.24) is 0 Å². The monoisotopic (exact) mass is 484 g/mol. The largest absolute Gasteiger partial charge is 0.495 e. The lowest BCUT2D eigenvalue weighted by Gasteiger charge is -2.14. The quantitative estimate of drug-likeness (QED) is 0.285. The van der Waals surface area contributed by atoms with Crippen molar-refractivity contribution in [2.75, 3.05) is 39.1 Å². The number of ether oxygens (including phenoxy) is 4. The molecule has 0 radical (unpaired) electrons. The van der Waals surface area contributed by atoms with Gasteiger partial charge < -0.3 is 29.6 Å². The topological polar surface area (TPSA) is 61.0 Å². The average Bonchev–Trinajstić information content (AvgIpc) is 2.83. The van der Waals surface area contributed by atoms with E-state index in [0.717, 1.165) is 22.5 Å². The highest BCUT2D eigenvalue weighted by Gasteiger charge is 2.12.